The van der Waals surface area contributed by atoms with Gasteiger partial charge in [0.1, 0.15) is 6.61 Å². The zero-order valence-corrected chi connectivity index (χ0v) is 10.2. The van der Waals surface area contributed by atoms with Crippen LogP contribution in [0.4, 0.5) is 13.2 Å². The van der Waals surface area contributed by atoms with Crippen LogP contribution >= 0.6 is 0 Å². The molecular formula is C12H15F3N2O2. The molecule has 0 radical (unpaired) electrons. The second-order valence-corrected chi connectivity index (χ2v) is 3.83. The van der Waals surface area contributed by atoms with Gasteiger partial charge in [0.15, 0.2) is 0 Å². The normalized spacial score (nSPS) is 11.4. The van der Waals surface area contributed by atoms with Crippen molar-refractivity contribution in [3.63, 3.8) is 0 Å². The summed E-state index contributed by atoms with van der Waals surface area (Å²) in [6.45, 7) is -1.18. The summed E-state index contributed by atoms with van der Waals surface area (Å²) in [4.78, 5) is 11.6. The summed E-state index contributed by atoms with van der Waals surface area (Å²) in [5.74, 6) is -0.370. The van der Waals surface area contributed by atoms with Crippen LogP contribution in [0.1, 0.15) is 15.9 Å². The van der Waals surface area contributed by atoms with Crippen LogP contribution in [-0.2, 0) is 11.3 Å². The number of carbonyl (C=O) groups is 1. The van der Waals surface area contributed by atoms with Crippen LogP contribution in [-0.4, -0.2) is 31.8 Å². The molecule has 19 heavy (non-hydrogen) atoms. The largest absolute Gasteiger partial charge is 0.411 e. The molecule has 106 valence electrons. The third-order valence-corrected chi connectivity index (χ3v) is 2.22. The fraction of sp³-hybridized carbons (Fsp3) is 0.417. The van der Waals surface area contributed by atoms with Crippen molar-refractivity contribution in [2.75, 3.05) is 19.8 Å². The van der Waals surface area contributed by atoms with E-state index in [0.29, 0.717) is 12.1 Å². The standard InChI is InChI=1S/C12H15F3N2O2/c13-12(14,15)8-19-5-4-17-11(18)10-3-1-2-9(6-10)7-16/h1-3,6H,4-5,7-8,16H2,(H,17,18). The first-order valence-corrected chi connectivity index (χ1v) is 5.64. The van der Waals surface area contributed by atoms with Crippen molar-refractivity contribution in [2.24, 2.45) is 5.73 Å². The number of nitrogens with two attached hydrogens (primary N) is 1. The summed E-state index contributed by atoms with van der Waals surface area (Å²) in [6.07, 6.45) is -4.35. The second-order valence-electron chi connectivity index (χ2n) is 3.83. The molecule has 0 atom stereocenters. The highest BCUT2D eigenvalue weighted by Gasteiger charge is 2.27. The lowest BCUT2D eigenvalue weighted by Crippen LogP contribution is -2.29. The van der Waals surface area contributed by atoms with Gasteiger partial charge in [0.05, 0.1) is 6.61 Å². The van der Waals surface area contributed by atoms with E-state index >= 15 is 0 Å². The molecule has 0 aliphatic rings. The predicted molar refractivity (Wildman–Crippen MR) is 63.5 cm³/mol. The Hall–Kier alpha value is -1.60. The highest BCUT2D eigenvalue weighted by atomic mass is 19.4. The number of hydrogen-bond donors (Lipinski definition) is 2. The molecule has 0 heterocycles. The minimum absolute atomic E-state index is 0.0156. The quantitative estimate of drug-likeness (QED) is 0.773. The van der Waals surface area contributed by atoms with Gasteiger partial charge in [-0.05, 0) is 17.7 Å². The lowest BCUT2D eigenvalue weighted by atomic mass is 10.1. The molecule has 0 saturated heterocycles. The third kappa shape index (κ3) is 6.21. The van der Waals surface area contributed by atoms with E-state index in [9.17, 15) is 18.0 Å². The number of rotatable bonds is 6. The predicted octanol–water partition coefficient (Wildman–Crippen LogP) is 1.45. The van der Waals surface area contributed by atoms with Gasteiger partial charge in [0.2, 0.25) is 0 Å². The van der Waals surface area contributed by atoms with E-state index in [1.165, 1.54) is 0 Å². The Morgan fingerprint density at radius 3 is 2.74 bits per heavy atom. The number of carbonyl (C=O) groups excluding carboxylic acids is 1. The Bertz CT molecular complexity index is 422. The minimum atomic E-state index is -4.35. The maximum absolute atomic E-state index is 11.8. The summed E-state index contributed by atoms with van der Waals surface area (Å²) in [6, 6.07) is 6.71. The zero-order valence-electron chi connectivity index (χ0n) is 10.2. The number of alkyl halides is 3. The number of ether oxygens (including phenoxy) is 1. The first-order valence-electron chi connectivity index (χ1n) is 5.64. The second kappa shape index (κ2) is 7.10. The maximum atomic E-state index is 11.8. The molecule has 0 fully saturated rings. The average molecular weight is 276 g/mol. The van der Waals surface area contributed by atoms with Crippen molar-refractivity contribution in [1.29, 1.82) is 0 Å². The molecule has 1 amide bonds. The average Bonchev–Trinajstić information content (AvgIpc) is 2.37. The summed E-state index contributed by atoms with van der Waals surface area (Å²) in [7, 11) is 0. The fourth-order valence-corrected chi connectivity index (χ4v) is 1.37. The SMILES string of the molecule is NCc1cccc(C(=O)NCCOCC(F)(F)F)c1. The Balaban J connectivity index is 2.31. The van der Waals surface area contributed by atoms with Crippen LogP contribution in [0.2, 0.25) is 0 Å². The van der Waals surface area contributed by atoms with Gasteiger partial charge < -0.3 is 15.8 Å². The smallest absolute Gasteiger partial charge is 0.370 e. The topological polar surface area (TPSA) is 64.4 Å². The van der Waals surface area contributed by atoms with Gasteiger partial charge in [-0.15, -0.1) is 0 Å². The minimum Gasteiger partial charge on any atom is -0.370 e. The van der Waals surface area contributed by atoms with Gasteiger partial charge >= 0.3 is 6.18 Å². The maximum Gasteiger partial charge on any atom is 0.411 e. The number of benzene rings is 1. The van der Waals surface area contributed by atoms with Gasteiger partial charge in [-0.25, -0.2) is 0 Å². The monoisotopic (exact) mass is 276 g/mol. The number of hydrogen-bond acceptors (Lipinski definition) is 3. The molecule has 0 aliphatic heterocycles. The molecule has 0 bridgehead atoms. The summed E-state index contributed by atoms with van der Waals surface area (Å²) in [5.41, 5.74) is 6.66. The zero-order chi connectivity index (χ0) is 14.3. The van der Waals surface area contributed by atoms with Crippen molar-refractivity contribution in [3.8, 4) is 0 Å². The van der Waals surface area contributed by atoms with Crippen LogP contribution in [0, 0.1) is 0 Å². The number of nitrogens with one attached hydrogen (secondary N) is 1. The van der Waals surface area contributed by atoms with E-state index in [0.717, 1.165) is 5.56 Å². The van der Waals surface area contributed by atoms with E-state index in [1.807, 2.05) is 0 Å². The summed E-state index contributed by atoms with van der Waals surface area (Å²) >= 11 is 0. The first-order chi connectivity index (χ1) is 8.92. The van der Waals surface area contributed by atoms with Gasteiger partial charge in [-0.1, -0.05) is 12.1 Å². The Morgan fingerprint density at radius 1 is 1.37 bits per heavy atom. The number of halogens is 3. The molecule has 0 aromatic heterocycles. The van der Waals surface area contributed by atoms with Crippen molar-refractivity contribution in [1.82, 2.24) is 5.32 Å². The van der Waals surface area contributed by atoms with Crippen molar-refractivity contribution in [2.45, 2.75) is 12.7 Å². The third-order valence-electron chi connectivity index (χ3n) is 2.22. The summed E-state index contributed by atoms with van der Waals surface area (Å²) < 4.78 is 39.7. The molecule has 1 aromatic rings. The van der Waals surface area contributed by atoms with Crippen molar-refractivity contribution >= 4 is 5.91 Å². The highest BCUT2D eigenvalue weighted by molar-refractivity contribution is 5.94. The lowest BCUT2D eigenvalue weighted by Gasteiger charge is -2.09. The number of amides is 1. The highest BCUT2D eigenvalue weighted by Crippen LogP contribution is 2.13. The fourth-order valence-electron chi connectivity index (χ4n) is 1.37. The van der Waals surface area contributed by atoms with E-state index in [2.05, 4.69) is 10.1 Å². The molecule has 1 aromatic carbocycles. The van der Waals surface area contributed by atoms with Crippen LogP contribution in [0.15, 0.2) is 24.3 Å². The van der Waals surface area contributed by atoms with E-state index in [4.69, 9.17) is 5.73 Å². The van der Waals surface area contributed by atoms with Crippen molar-refractivity contribution in [3.05, 3.63) is 35.4 Å². The molecule has 7 heteroatoms. The Labute approximate surface area is 108 Å². The molecule has 0 aliphatic carbocycles. The van der Waals surface area contributed by atoms with Gasteiger partial charge in [-0.2, -0.15) is 13.2 Å². The molecule has 4 nitrogen and oxygen atoms in total. The molecule has 0 unspecified atom stereocenters. The van der Waals surface area contributed by atoms with Crippen LogP contribution in [0.25, 0.3) is 0 Å². The van der Waals surface area contributed by atoms with E-state index in [-0.39, 0.29) is 19.1 Å². The summed E-state index contributed by atoms with van der Waals surface area (Å²) in [5, 5.41) is 2.46. The first kappa shape index (κ1) is 15.5. The van der Waals surface area contributed by atoms with Crippen LogP contribution in [0.5, 0.6) is 0 Å². The molecule has 3 N–H and O–H groups in total. The van der Waals surface area contributed by atoms with Crippen LogP contribution in [0.3, 0.4) is 0 Å². The van der Waals surface area contributed by atoms with Gasteiger partial charge in [0, 0.05) is 18.7 Å². The Morgan fingerprint density at radius 2 is 2.11 bits per heavy atom. The Kier molecular flexibility index (Phi) is 5.78. The van der Waals surface area contributed by atoms with E-state index < -0.39 is 12.8 Å². The lowest BCUT2D eigenvalue weighted by molar-refractivity contribution is -0.173. The van der Waals surface area contributed by atoms with E-state index in [1.54, 1.807) is 24.3 Å². The molecule has 0 saturated carbocycles. The molecular weight excluding hydrogens is 261 g/mol. The molecule has 1 rings (SSSR count). The van der Waals surface area contributed by atoms with Crippen LogP contribution < -0.4 is 11.1 Å². The van der Waals surface area contributed by atoms with Crippen molar-refractivity contribution < 1.29 is 22.7 Å². The van der Waals surface area contributed by atoms with Gasteiger partial charge in [-0.3, -0.25) is 4.79 Å². The molecule has 0 spiro atoms. The van der Waals surface area contributed by atoms with Gasteiger partial charge in [0.25, 0.3) is 5.91 Å².